The van der Waals surface area contributed by atoms with Crippen LogP contribution in [-0.2, 0) is 19.1 Å². The number of hydrogen-bond acceptors (Lipinski definition) is 4. The third-order valence-corrected chi connectivity index (χ3v) is 3.03. The highest BCUT2D eigenvalue weighted by Crippen LogP contribution is 2.33. The lowest BCUT2D eigenvalue weighted by atomic mass is 9.97. The lowest BCUT2D eigenvalue weighted by Crippen LogP contribution is -2.34. The van der Waals surface area contributed by atoms with Gasteiger partial charge < -0.3 is 9.47 Å². The molecule has 2 aliphatic rings. The zero-order valence-electron chi connectivity index (χ0n) is 9.99. The van der Waals surface area contributed by atoms with Gasteiger partial charge in [0.25, 0.3) is 0 Å². The molecule has 0 aromatic rings. The smallest absolute Gasteiger partial charge is 0.311 e. The zero-order chi connectivity index (χ0) is 11.9. The molecule has 0 radical (unpaired) electrons. The summed E-state index contributed by atoms with van der Waals surface area (Å²) >= 11 is 0. The molecular weight excluding hydrogens is 208 g/mol. The van der Waals surface area contributed by atoms with E-state index >= 15 is 0 Å². The van der Waals surface area contributed by atoms with Crippen molar-refractivity contribution in [2.45, 2.75) is 58.3 Å². The minimum atomic E-state index is -0.499. The summed E-state index contributed by atoms with van der Waals surface area (Å²) in [5, 5.41) is 0. The molecule has 2 saturated heterocycles. The molecule has 2 bridgehead atoms. The highest BCUT2D eigenvalue weighted by molar-refractivity contribution is 5.81. The van der Waals surface area contributed by atoms with E-state index in [0.29, 0.717) is 19.3 Å². The van der Waals surface area contributed by atoms with Gasteiger partial charge in [-0.2, -0.15) is 0 Å². The van der Waals surface area contributed by atoms with E-state index in [0.717, 1.165) is 0 Å². The van der Waals surface area contributed by atoms with Crippen molar-refractivity contribution in [2.24, 2.45) is 5.41 Å². The lowest BCUT2D eigenvalue weighted by Gasteiger charge is -2.24. The van der Waals surface area contributed by atoms with Crippen molar-refractivity contribution in [1.82, 2.24) is 0 Å². The van der Waals surface area contributed by atoms with Gasteiger partial charge in [0, 0.05) is 19.3 Å². The van der Waals surface area contributed by atoms with Crippen LogP contribution < -0.4 is 0 Å². The Labute approximate surface area is 95.3 Å². The monoisotopic (exact) mass is 226 g/mol. The number of rotatable bonds is 1. The number of ether oxygens (including phenoxy) is 2. The van der Waals surface area contributed by atoms with Crippen LogP contribution in [0.4, 0.5) is 0 Å². The molecule has 2 aliphatic heterocycles. The van der Waals surface area contributed by atoms with Gasteiger partial charge in [-0.1, -0.05) is 0 Å². The molecule has 4 heteroatoms. The molecule has 90 valence electrons. The molecular formula is C12H18O4. The molecule has 2 fully saturated rings. The maximum atomic E-state index is 11.7. The molecule has 16 heavy (non-hydrogen) atoms. The number of hydrogen-bond donors (Lipinski definition) is 0. The maximum Gasteiger partial charge on any atom is 0.311 e. The van der Waals surface area contributed by atoms with Gasteiger partial charge in [-0.05, 0) is 20.8 Å². The van der Waals surface area contributed by atoms with Crippen LogP contribution in [0, 0.1) is 5.41 Å². The molecule has 0 aromatic carbocycles. The Kier molecular flexibility index (Phi) is 2.78. The summed E-state index contributed by atoms with van der Waals surface area (Å²) in [5.74, 6) is -0.00310. The van der Waals surface area contributed by atoms with Crippen LogP contribution in [0.5, 0.6) is 0 Å². The number of carbonyl (C=O) groups is 2. The fourth-order valence-corrected chi connectivity index (χ4v) is 2.11. The van der Waals surface area contributed by atoms with Gasteiger partial charge in [0.15, 0.2) is 0 Å². The van der Waals surface area contributed by atoms with Crippen molar-refractivity contribution in [3.63, 3.8) is 0 Å². The van der Waals surface area contributed by atoms with E-state index in [1.807, 2.05) is 20.8 Å². The van der Waals surface area contributed by atoms with Gasteiger partial charge >= 0.3 is 5.97 Å². The Morgan fingerprint density at radius 2 is 2.06 bits per heavy atom. The maximum absolute atomic E-state index is 11.7. The first-order valence-electron chi connectivity index (χ1n) is 5.74. The lowest BCUT2D eigenvalue weighted by molar-refractivity contribution is -0.162. The first kappa shape index (κ1) is 11.6. The number of ketones is 1. The van der Waals surface area contributed by atoms with E-state index in [2.05, 4.69) is 0 Å². The number of esters is 1. The van der Waals surface area contributed by atoms with Crippen LogP contribution in [0.1, 0.15) is 40.0 Å². The largest absolute Gasteiger partial charge is 0.459 e. The fourth-order valence-electron chi connectivity index (χ4n) is 2.11. The molecule has 0 saturated carbocycles. The van der Waals surface area contributed by atoms with E-state index in [9.17, 15) is 9.59 Å². The first-order chi connectivity index (χ1) is 7.36. The van der Waals surface area contributed by atoms with E-state index in [4.69, 9.17) is 9.47 Å². The number of fused-ring (bicyclic) bond motifs is 2. The second kappa shape index (κ2) is 3.84. The van der Waals surface area contributed by atoms with Gasteiger partial charge in [-0.3, -0.25) is 9.59 Å². The normalized spacial score (nSPS) is 33.9. The van der Waals surface area contributed by atoms with E-state index in [1.54, 1.807) is 0 Å². The van der Waals surface area contributed by atoms with Gasteiger partial charge in [0.1, 0.15) is 18.0 Å². The molecule has 4 nitrogen and oxygen atoms in total. The van der Waals surface area contributed by atoms with Gasteiger partial charge in [-0.15, -0.1) is 0 Å². The fraction of sp³-hybridized carbons (Fsp3) is 0.833. The zero-order valence-corrected chi connectivity index (χ0v) is 9.99. The summed E-state index contributed by atoms with van der Waals surface area (Å²) in [6.07, 6.45) is 1.04. The predicted molar refractivity (Wildman–Crippen MR) is 56.9 cm³/mol. The quantitative estimate of drug-likeness (QED) is 0.635. The Morgan fingerprint density at radius 1 is 1.38 bits per heavy atom. The third kappa shape index (κ3) is 2.26. The number of carbonyl (C=O) groups excluding carboxylic acids is 2. The second-order valence-electron chi connectivity index (χ2n) is 5.67. The first-order valence-corrected chi connectivity index (χ1v) is 5.74. The highest BCUT2D eigenvalue weighted by atomic mass is 16.6. The molecule has 0 unspecified atom stereocenters. The van der Waals surface area contributed by atoms with Crippen LogP contribution in [0.3, 0.4) is 0 Å². The predicted octanol–water partition coefficient (Wildman–Crippen LogP) is 1.46. The van der Waals surface area contributed by atoms with Gasteiger partial charge in [0.05, 0.1) is 11.5 Å². The molecule has 0 aliphatic carbocycles. The average Bonchev–Trinajstić information content (AvgIpc) is 2.40. The van der Waals surface area contributed by atoms with Crippen molar-refractivity contribution in [1.29, 1.82) is 0 Å². The Bertz CT molecular complexity index is 315. The van der Waals surface area contributed by atoms with E-state index < -0.39 is 5.41 Å². The molecule has 2 heterocycles. The van der Waals surface area contributed by atoms with Crippen LogP contribution >= 0.6 is 0 Å². The number of Topliss-reactive ketones (excluding diaryl/α,β-unsaturated/α-hetero) is 1. The molecule has 0 spiro atoms. The minimum absolute atomic E-state index is 0.0379. The van der Waals surface area contributed by atoms with Gasteiger partial charge in [-0.25, -0.2) is 0 Å². The minimum Gasteiger partial charge on any atom is -0.459 e. The van der Waals surface area contributed by atoms with Crippen molar-refractivity contribution >= 4 is 11.8 Å². The molecule has 0 aromatic heterocycles. The van der Waals surface area contributed by atoms with E-state index in [1.165, 1.54) is 0 Å². The average molecular weight is 226 g/mol. The van der Waals surface area contributed by atoms with Crippen LogP contribution in [0.15, 0.2) is 0 Å². The van der Waals surface area contributed by atoms with Crippen LogP contribution in [0.2, 0.25) is 0 Å². The SMILES string of the molecule is CC(C)(C)C(=O)O[C@@H]1C[C@H]2CC(=O)C[C@@H]1O2. The molecule has 0 amide bonds. The summed E-state index contributed by atoms with van der Waals surface area (Å²) in [6.45, 7) is 5.47. The van der Waals surface area contributed by atoms with E-state index in [-0.39, 0.29) is 30.1 Å². The Hall–Kier alpha value is -0.900. The summed E-state index contributed by atoms with van der Waals surface area (Å²) in [5.41, 5.74) is -0.499. The van der Waals surface area contributed by atoms with Crippen molar-refractivity contribution in [2.75, 3.05) is 0 Å². The van der Waals surface area contributed by atoms with Crippen LogP contribution in [-0.4, -0.2) is 30.1 Å². The molecule has 3 atom stereocenters. The highest BCUT2D eigenvalue weighted by Gasteiger charge is 2.44. The molecule has 2 rings (SSSR count). The topological polar surface area (TPSA) is 52.6 Å². The summed E-state index contributed by atoms with van der Waals surface area (Å²) in [7, 11) is 0. The van der Waals surface area contributed by atoms with Crippen molar-refractivity contribution in [3.05, 3.63) is 0 Å². The summed E-state index contributed by atoms with van der Waals surface area (Å²) in [4.78, 5) is 23.1. The summed E-state index contributed by atoms with van der Waals surface area (Å²) in [6, 6.07) is 0. The van der Waals surface area contributed by atoms with Gasteiger partial charge in [0.2, 0.25) is 0 Å². The van der Waals surface area contributed by atoms with Crippen LogP contribution in [0.25, 0.3) is 0 Å². The van der Waals surface area contributed by atoms with Crippen molar-refractivity contribution < 1.29 is 19.1 Å². The Balaban J connectivity index is 1.97. The molecule has 0 N–H and O–H groups in total. The summed E-state index contributed by atoms with van der Waals surface area (Å²) < 4.78 is 11.0. The van der Waals surface area contributed by atoms with Crippen molar-refractivity contribution in [3.8, 4) is 0 Å². The Morgan fingerprint density at radius 3 is 2.69 bits per heavy atom. The third-order valence-electron chi connectivity index (χ3n) is 3.03. The second-order valence-corrected chi connectivity index (χ2v) is 5.67. The standard InChI is InChI=1S/C12H18O4/c1-12(2,3)11(14)16-10-6-8-4-7(13)5-9(10)15-8/h8-10H,4-6H2,1-3H3/t8-,9+,10-/m1/s1.